The van der Waals surface area contributed by atoms with Gasteiger partial charge in [0.15, 0.2) is 0 Å². The molecule has 0 aliphatic carbocycles. The molecule has 0 atom stereocenters. The minimum absolute atomic E-state index is 0.0634. The number of rotatable bonds is 3. The van der Waals surface area contributed by atoms with E-state index >= 15 is 0 Å². The number of hydrogen-bond acceptors (Lipinski definition) is 2. The molecule has 1 aliphatic heterocycles. The van der Waals surface area contributed by atoms with E-state index in [-0.39, 0.29) is 5.02 Å². The molecule has 3 nitrogen and oxygen atoms in total. The molecule has 0 saturated carbocycles. The Labute approximate surface area is 110 Å². The molecule has 1 fully saturated rings. The van der Waals surface area contributed by atoms with E-state index in [4.69, 9.17) is 11.6 Å². The van der Waals surface area contributed by atoms with E-state index in [1.165, 1.54) is 12.1 Å². The zero-order chi connectivity index (χ0) is 13.2. The summed E-state index contributed by atoms with van der Waals surface area (Å²) in [6.45, 7) is 1.37. The van der Waals surface area contributed by atoms with Gasteiger partial charge >= 0.3 is 5.97 Å². The number of carboxylic acids is 1. The summed E-state index contributed by atoms with van der Waals surface area (Å²) in [4.78, 5) is 11.5. The normalized spacial score (nSPS) is 18.6. The molecule has 1 aliphatic rings. The number of halogens is 2. The fourth-order valence-corrected chi connectivity index (χ4v) is 2.53. The first-order valence-electron chi connectivity index (χ1n) is 5.92. The highest BCUT2D eigenvalue weighted by molar-refractivity contribution is 6.30. The molecule has 1 heterocycles. The zero-order valence-corrected chi connectivity index (χ0v) is 10.6. The van der Waals surface area contributed by atoms with Gasteiger partial charge in [-0.25, -0.2) is 4.39 Å². The summed E-state index contributed by atoms with van der Waals surface area (Å²) >= 11 is 5.62. The van der Waals surface area contributed by atoms with Crippen molar-refractivity contribution in [2.75, 3.05) is 13.1 Å². The fourth-order valence-electron chi connectivity index (χ4n) is 2.41. The molecule has 2 N–H and O–H groups in total. The van der Waals surface area contributed by atoms with E-state index < -0.39 is 17.2 Å². The number of piperidine rings is 1. The molecule has 1 aromatic carbocycles. The maximum absolute atomic E-state index is 13.4. The van der Waals surface area contributed by atoms with Crippen molar-refractivity contribution in [3.05, 3.63) is 34.6 Å². The third kappa shape index (κ3) is 2.65. The van der Waals surface area contributed by atoms with Crippen LogP contribution in [0.15, 0.2) is 18.2 Å². The minimum Gasteiger partial charge on any atom is -0.481 e. The maximum atomic E-state index is 13.4. The topological polar surface area (TPSA) is 49.3 Å². The molecule has 1 saturated heterocycles. The van der Waals surface area contributed by atoms with Crippen LogP contribution in [-0.2, 0) is 11.2 Å². The maximum Gasteiger partial charge on any atom is 0.310 e. The molecule has 0 amide bonds. The highest BCUT2D eigenvalue weighted by Gasteiger charge is 2.39. The predicted molar refractivity (Wildman–Crippen MR) is 67.3 cm³/mol. The molecule has 5 heteroatoms. The first-order valence-corrected chi connectivity index (χ1v) is 6.29. The number of carbonyl (C=O) groups is 1. The fraction of sp³-hybridized carbons (Fsp3) is 0.462. The molecule has 0 aromatic heterocycles. The van der Waals surface area contributed by atoms with Gasteiger partial charge in [0.25, 0.3) is 0 Å². The van der Waals surface area contributed by atoms with E-state index in [0.29, 0.717) is 37.9 Å². The van der Waals surface area contributed by atoms with Crippen molar-refractivity contribution >= 4 is 17.6 Å². The summed E-state index contributed by atoms with van der Waals surface area (Å²) in [5.41, 5.74) is -0.105. The highest BCUT2D eigenvalue weighted by atomic mass is 35.5. The van der Waals surface area contributed by atoms with Crippen LogP contribution in [0.1, 0.15) is 18.4 Å². The second-order valence-corrected chi connectivity index (χ2v) is 5.17. The number of benzene rings is 1. The lowest BCUT2D eigenvalue weighted by Gasteiger charge is -2.33. The predicted octanol–water partition coefficient (Wildman–Crippen LogP) is 2.48. The monoisotopic (exact) mass is 271 g/mol. The third-order valence-corrected chi connectivity index (χ3v) is 3.85. The van der Waals surface area contributed by atoms with Crippen molar-refractivity contribution in [3.8, 4) is 0 Å². The molecule has 0 bridgehead atoms. The Kier molecular flexibility index (Phi) is 3.88. The minimum atomic E-state index is -0.806. The van der Waals surface area contributed by atoms with E-state index in [1.807, 2.05) is 0 Å². The average molecular weight is 272 g/mol. The van der Waals surface area contributed by atoms with Crippen molar-refractivity contribution in [1.82, 2.24) is 5.32 Å². The Hall–Kier alpha value is -1.13. The van der Waals surface area contributed by atoms with Crippen molar-refractivity contribution in [2.45, 2.75) is 19.3 Å². The van der Waals surface area contributed by atoms with E-state index in [2.05, 4.69) is 5.32 Å². The summed E-state index contributed by atoms with van der Waals surface area (Å²) in [6, 6.07) is 4.50. The second kappa shape index (κ2) is 5.24. The number of nitrogens with one attached hydrogen (secondary N) is 1. The molecule has 1 aromatic rings. The van der Waals surface area contributed by atoms with Crippen molar-refractivity contribution in [1.29, 1.82) is 0 Å². The van der Waals surface area contributed by atoms with Gasteiger partial charge in [0.2, 0.25) is 0 Å². The van der Waals surface area contributed by atoms with Gasteiger partial charge < -0.3 is 10.4 Å². The van der Waals surface area contributed by atoms with Crippen LogP contribution < -0.4 is 5.32 Å². The van der Waals surface area contributed by atoms with Crippen LogP contribution >= 0.6 is 11.6 Å². The lowest BCUT2D eigenvalue weighted by atomic mass is 9.74. The molecule has 98 valence electrons. The van der Waals surface area contributed by atoms with Gasteiger partial charge in [-0.2, -0.15) is 0 Å². The van der Waals surface area contributed by atoms with Gasteiger partial charge in [0.1, 0.15) is 5.82 Å². The lowest BCUT2D eigenvalue weighted by molar-refractivity contribution is -0.150. The smallest absolute Gasteiger partial charge is 0.310 e. The van der Waals surface area contributed by atoms with Crippen molar-refractivity contribution in [2.24, 2.45) is 5.41 Å². The van der Waals surface area contributed by atoms with E-state index in [0.717, 1.165) is 0 Å². The Morgan fingerprint density at radius 3 is 2.67 bits per heavy atom. The van der Waals surface area contributed by atoms with Crippen LogP contribution in [0.4, 0.5) is 4.39 Å². The van der Waals surface area contributed by atoms with Gasteiger partial charge in [-0.15, -0.1) is 0 Å². The zero-order valence-electron chi connectivity index (χ0n) is 9.88. The molecular weight excluding hydrogens is 257 g/mol. The quantitative estimate of drug-likeness (QED) is 0.888. The lowest BCUT2D eigenvalue weighted by Crippen LogP contribution is -2.43. The van der Waals surface area contributed by atoms with Gasteiger partial charge in [-0.05, 0) is 50.0 Å². The van der Waals surface area contributed by atoms with Crippen LogP contribution in [0, 0.1) is 11.2 Å². The largest absolute Gasteiger partial charge is 0.481 e. The van der Waals surface area contributed by atoms with Crippen LogP contribution in [-0.4, -0.2) is 24.2 Å². The Balaban J connectivity index is 2.23. The van der Waals surface area contributed by atoms with E-state index in [1.54, 1.807) is 6.07 Å². The molecule has 0 spiro atoms. The van der Waals surface area contributed by atoms with Crippen LogP contribution in [0.3, 0.4) is 0 Å². The van der Waals surface area contributed by atoms with E-state index in [9.17, 15) is 14.3 Å². The molecular formula is C13H15ClFNO2. The van der Waals surface area contributed by atoms with Gasteiger partial charge in [0.05, 0.1) is 10.4 Å². The van der Waals surface area contributed by atoms with Crippen LogP contribution in [0.5, 0.6) is 0 Å². The summed E-state index contributed by atoms with van der Waals surface area (Å²) in [7, 11) is 0. The summed E-state index contributed by atoms with van der Waals surface area (Å²) in [5.74, 6) is -1.30. The second-order valence-electron chi connectivity index (χ2n) is 4.76. The van der Waals surface area contributed by atoms with Gasteiger partial charge in [0, 0.05) is 0 Å². The van der Waals surface area contributed by atoms with Crippen molar-refractivity contribution in [3.63, 3.8) is 0 Å². The summed E-state index contributed by atoms with van der Waals surface area (Å²) in [5, 5.41) is 12.6. The SMILES string of the molecule is O=C(O)C1(Cc2ccc(Cl)c(F)c2)CCNCC1. The average Bonchev–Trinajstić information content (AvgIpc) is 2.35. The summed E-state index contributed by atoms with van der Waals surface area (Å²) < 4.78 is 13.4. The first-order chi connectivity index (χ1) is 8.53. The molecule has 0 unspecified atom stereocenters. The molecule has 2 rings (SSSR count). The van der Waals surface area contributed by atoms with Crippen molar-refractivity contribution < 1.29 is 14.3 Å². The summed E-state index contributed by atoms with van der Waals surface area (Å²) in [6.07, 6.45) is 1.47. The number of hydrogen-bond donors (Lipinski definition) is 2. The number of aliphatic carboxylic acids is 1. The van der Waals surface area contributed by atoms with Gasteiger partial charge in [-0.3, -0.25) is 4.79 Å². The van der Waals surface area contributed by atoms with Crippen LogP contribution in [0.25, 0.3) is 0 Å². The Bertz CT molecular complexity index is 458. The number of carboxylic acid groups (broad SMARTS) is 1. The first kappa shape index (κ1) is 13.3. The van der Waals surface area contributed by atoms with Gasteiger partial charge in [-0.1, -0.05) is 17.7 Å². The third-order valence-electron chi connectivity index (χ3n) is 3.54. The Morgan fingerprint density at radius 2 is 2.11 bits per heavy atom. The standard InChI is InChI=1S/C13H15ClFNO2/c14-10-2-1-9(7-11(10)15)8-13(12(17)18)3-5-16-6-4-13/h1-2,7,16H,3-6,8H2,(H,17,18). The highest BCUT2D eigenvalue weighted by Crippen LogP contribution is 2.34. The molecule has 0 radical (unpaired) electrons. The van der Waals surface area contributed by atoms with Crippen LogP contribution in [0.2, 0.25) is 5.02 Å². The molecule has 18 heavy (non-hydrogen) atoms. The Morgan fingerprint density at radius 1 is 1.44 bits per heavy atom.